The lowest BCUT2D eigenvalue weighted by Crippen LogP contribution is -2.23. The summed E-state index contributed by atoms with van der Waals surface area (Å²) in [5.74, 6) is 2.28. The number of rotatable bonds is 8. The van der Waals surface area contributed by atoms with Gasteiger partial charge in [0.25, 0.3) is 0 Å². The van der Waals surface area contributed by atoms with Gasteiger partial charge in [0.15, 0.2) is 0 Å². The Morgan fingerprint density at radius 2 is 2.15 bits per heavy atom. The van der Waals surface area contributed by atoms with Crippen LogP contribution in [0.1, 0.15) is 17.9 Å². The quantitative estimate of drug-likeness (QED) is 0.653. The fourth-order valence-electron chi connectivity index (χ4n) is 2.36. The van der Waals surface area contributed by atoms with Crippen LogP contribution in [0.15, 0.2) is 40.2 Å². The highest BCUT2D eigenvalue weighted by Gasteiger charge is 2.12. The Labute approximate surface area is 154 Å². The SMILES string of the molecule is COc1ccc(CNC(=O)CCc2nc(-c3cccs3)no2)c(OC)c1. The molecule has 136 valence electrons. The normalized spacial score (nSPS) is 10.5. The first kappa shape index (κ1) is 17.9. The average molecular weight is 373 g/mol. The van der Waals surface area contributed by atoms with Crippen molar-refractivity contribution in [2.75, 3.05) is 14.2 Å². The van der Waals surface area contributed by atoms with Crippen molar-refractivity contribution in [2.24, 2.45) is 0 Å². The van der Waals surface area contributed by atoms with Gasteiger partial charge in [-0.05, 0) is 23.6 Å². The molecule has 0 aliphatic heterocycles. The molecular formula is C18H19N3O4S. The van der Waals surface area contributed by atoms with Gasteiger partial charge < -0.3 is 19.3 Å². The van der Waals surface area contributed by atoms with Gasteiger partial charge in [0.05, 0.1) is 19.1 Å². The fourth-order valence-corrected chi connectivity index (χ4v) is 3.01. The molecule has 7 nitrogen and oxygen atoms in total. The number of nitrogens with zero attached hydrogens (tertiary/aromatic N) is 2. The Bertz CT molecular complexity index is 861. The highest BCUT2D eigenvalue weighted by atomic mass is 32.1. The van der Waals surface area contributed by atoms with Crippen molar-refractivity contribution in [3.63, 3.8) is 0 Å². The standard InChI is InChI=1S/C18H19N3O4S/c1-23-13-6-5-12(14(10-13)24-2)11-19-16(22)7-8-17-20-18(21-25-17)15-4-3-9-26-15/h3-6,9-10H,7-8,11H2,1-2H3,(H,19,22). The van der Waals surface area contributed by atoms with Crippen molar-refractivity contribution in [3.8, 4) is 22.2 Å². The highest BCUT2D eigenvalue weighted by molar-refractivity contribution is 7.13. The van der Waals surface area contributed by atoms with E-state index in [-0.39, 0.29) is 12.3 Å². The Morgan fingerprint density at radius 1 is 1.27 bits per heavy atom. The number of ether oxygens (including phenoxy) is 2. The van der Waals surface area contributed by atoms with Crippen LogP contribution in [0.5, 0.6) is 11.5 Å². The summed E-state index contributed by atoms with van der Waals surface area (Å²) in [5, 5.41) is 8.75. The van der Waals surface area contributed by atoms with Crippen LogP contribution in [-0.4, -0.2) is 30.3 Å². The highest BCUT2D eigenvalue weighted by Crippen LogP contribution is 2.24. The first-order chi connectivity index (χ1) is 12.7. The second kappa shape index (κ2) is 8.48. The molecule has 1 aromatic carbocycles. The van der Waals surface area contributed by atoms with Crippen LogP contribution < -0.4 is 14.8 Å². The zero-order chi connectivity index (χ0) is 18.4. The second-order valence-corrected chi connectivity index (χ2v) is 6.39. The number of carbonyl (C=O) groups is 1. The number of amides is 1. The predicted molar refractivity (Wildman–Crippen MR) is 97.3 cm³/mol. The third kappa shape index (κ3) is 4.40. The van der Waals surface area contributed by atoms with Crippen LogP contribution in [0.25, 0.3) is 10.7 Å². The van der Waals surface area contributed by atoms with Gasteiger partial charge in [-0.2, -0.15) is 4.98 Å². The van der Waals surface area contributed by atoms with Crippen LogP contribution in [0.3, 0.4) is 0 Å². The molecular weight excluding hydrogens is 354 g/mol. The molecule has 0 unspecified atom stereocenters. The van der Waals surface area contributed by atoms with Crippen molar-refractivity contribution in [2.45, 2.75) is 19.4 Å². The van der Waals surface area contributed by atoms with E-state index in [4.69, 9.17) is 14.0 Å². The number of thiophene rings is 1. The summed E-state index contributed by atoms with van der Waals surface area (Å²) in [6.07, 6.45) is 0.661. The second-order valence-electron chi connectivity index (χ2n) is 5.44. The number of aryl methyl sites for hydroxylation is 1. The molecule has 0 saturated carbocycles. The smallest absolute Gasteiger partial charge is 0.227 e. The van der Waals surface area contributed by atoms with Gasteiger partial charge in [-0.1, -0.05) is 11.2 Å². The molecule has 0 atom stereocenters. The van der Waals surface area contributed by atoms with Gasteiger partial charge in [-0.25, -0.2) is 0 Å². The maximum Gasteiger partial charge on any atom is 0.227 e. The number of benzene rings is 1. The maximum absolute atomic E-state index is 12.1. The summed E-state index contributed by atoms with van der Waals surface area (Å²) >= 11 is 1.54. The van der Waals surface area contributed by atoms with E-state index in [1.165, 1.54) is 0 Å². The van der Waals surface area contributed by atoms with E-state index < -0.39 is 0 Å². The van der Waals surface area contributed by atoms with Crippen LogP contribution in [0.4, 0.5) is 0 Å². The minimum absolute atomic E-state index is 0.0984. The van der Waals surface area contributed by atoms with Crippen LogP contribution in [0, 0.1) is 0 Å². The molecule has 26 heavy (non-hydrogen) atoms. The summed E-state index contributed by atoms with van der Waals surface area (Å²) in [5.41, 5.74) is 0.874. The molecule has 0 aliphatic carbocycles. The Kier molecular flexibility index (Phi) is 5.85. The largest absolute Gasteiger partial charge is 0.497 e. The number of hydrogen-bond donors (Lipinski definition) is 1. The maximum atomic E-state index is 12.1. The molecule has 1 amide bonds. The molecule has 3 rings (SSSR count). The van der Waals surface area contributed by atoms with Crippen LogP contribution in [0.2, 0.25) is 0 Å². The van der Waals surface area contributed by atoms with Crippen molar-refractivity contribution in [1.29, 1.82) is 0 Å². The van der Waals surface area contributed by atoms with E-state index in [1.54, 1.807) is 31.6 Å². The topological polar surface area (TPSA) is 86.5 Å². The zero-order valence-corrected chi connectivity index (χ0v) is 15.3. The van der Waals surface area contributed by atoms with E-state index >= 15 is 0 Å². The number of hydrogen-bond acceptors (Lipinski definition) is 7. The average Bonchev–Trinajstić information content (AvgIpc) is 3.35. The molecule has 0 saturated heterocycles. The van der Waals surface area contributed by atoms with Gasteiger partial charge in [-0.15, -0.1) is 11.3 Å². The van der Waals surface area contributed by atoms with Gasteiger partial charge >= 0.3 is 0 Å². The van der Waals surface area contributed by atoms with E-state index in [9.17, 15) is 4.79 Å². The van der Waals surface area contributed by atoms with E-state index in [0.717, 1.165) is 10.4 Å². The lowest BCUT2D eigenvalue weighted by molar-refractivity contribution is -0.121. The van der Waals surface area contributed by atoms with Crippen molar-refractivity contribution in [3.05, 3.63) is 47.2 Å². The van der Waals surface area contributed by atoms with Gasteiger partial charge in [0.2, 0.25) is 17.6 Å². The molecule has 0 aliphatic rings. The summed E-state index contributed by atoms with van der Waals surface area (Å²) in [7, 11) is 3.18. The Hall–Kier alpha value is -2.87. The first-order valence-electron chi connectivity index (χ1n) is 8.03. The van der Waals surface area contributed by atoms with Crippen LogP contribution in [-0.2, 0) is 17.8 Å². The minimum atomic E-state index is -0.0984. The lowest BCUT2D eigenvalue weighted by Gasteiger charge is -2.11. The summed E-state index contributed by atoms with van der Waals surface area (Å²) < 4.78 is 15.7. The predicted octanol–water partition coefficient (Wildman–Crippen LogP) is 3.06. The first-order valence-corrected chi connectivity index (χ1v) is 8.91. The summed E-state index contributed by atoms with van der Waals surface area (Å²) in [6, 6.07) is 9.33. The molecule has 0 radical (unpaired) electrons. The molecule has 3 aromatic rings. The number of carbonyl (C=O) groups excluding carboxylic acids is 1. The van der Waals surface area contributed by atoms with E-state index in [1.807, 2.05) is 29.6 Å². The zero-order valence-electron chi connectivity index (χ0n) is 14.5. The monoisotopic (exact) mass is 373 g/mol. The van der Waals surface area contributed by atoms with Gasteiger partial charge in [0.1, 0.15) is 11.5 Å². The molecule has 8 heteroatoms. The molecule has 0 spiro atoms. The third-order valence-corrected chi connectivity index (χ3v) is 4.61. The van der Waals surface area contributed by atoms with Gasteiger partial charge in [-0.3, -0.25) is 4.79 Å². The molecule has 2 aromatic heterocycles. The number of aromatic nitrogens is 2. The van der Waals surface area contributed by atoms with Crippen LogP contribution >= 0.6 is 11.3 Å². The summed E-state index contributed by atoms with van der Waals surface area (Å²) in [6.45, 7) is 0.371. The lowest BCUT2D eigenvalue weighted by atomic mass is 10.2. The van der Waals surface area contributed by atoms with Gasteiger partial charge in [0, 0.05) is 31.0 Å². The third-order valence-electron chi connectivity index (χ3n) is 3.75. The van der Waals surface area contributed by atoms with E-state index in [2.05, 4.69) is 15.5 Å². The molecule has 0 bridgehead atoms. The minimum Gasteiger partial charge on any atom is -0.497 e. The molecule has 1 N–H and O–H groups in total. The number of methoxy groups -OCH3 is 2. The van der Waals surface area contributed by atoms with Crippen molar-refractivity contribution >= 4 is 17.2 Å². The fraction of sp³-hybridized carbons (Fsp3) is 0.278. The summed E-state index contributed by atoms with van der Waals surface area (Å²) in [4.78, 5) is 17.3. The molecule has 0 fully saturated rings. The van der Waals surface area contributed by atoms with Crippen molar-refractivity contribution < 1.29 is 18.8 Å². The number of nitrogens with one attached hydrogen (secondary N) is 1. The Morgan fingerprint density at radius 3 is 2.88 bits per heavy atom. The Balaban J connectivity index is 1.50. The van der Waals surface area contributed by atoms with E-state index in [0.29, 0.717) is 36.2 Å². The molecule has 2 heterocycles. The van der Waals surface area contributed by atoms with Crippen molar-refractivity contribution in [1.82, 2.24) is 15.5 Å².